The summed E-state index contributed by atoms with van der Waals surface area (Å²) in [5.74, 6) is -0.0330. The highest BCUT2D eigenvalue weighted by Gasteiger charge is 2.20. The monoisotopic (exact) mass is 1000 g/mol. The molecule has 0 bridgehead atoms. The molecule has 0 aromatic heterocycles. The van der Waals surface area contributed by atoms with Crippen LogP contribution in [-0.4, -0.2) is 47.4 Å². The lowest BCUT2D eigenvalue weighted by molar-refractivity contribution is -0.143. The van der Waals surface area contributed by atoms with Crippen LogP contribution in [0.3, 0.4) is 0 Å². The average molecular weight is 1000 g/mol. The molecule has 6 heteroatoms. The molecule has 0 aromatic rings. The van der Waals surface area contributed by atoms with Crippen molar-refractivity contribution in [3.8, 4) is 0 Å². The fourth-order valence-electron chi connectivity index (χ4n) is 10.3. The van der Waals surface area contributed by atoms with Gasteiger partial charge in [0.05, 0.1) is 25.4 Å². The summed E-state index contributed by atoms with van der Waals surface area (Å²) in [6, 6.07) is -0.546. The normalized spacial score (nSPS) is 12.6. The Labute approximate surface area is 444 Å². The van der Waals surface area contributed by atoms with Gasteiger partial charge in [-0.05, 0) is 51.4 Å². The molecule has 0 fully saturated rings. The number of hydrogen-bond donors (Lipinski definition) is 3. The molecule has 0 heterocycles. The number of aliphatic hydroxyl groups excluding tert-OH is 2. The number of carbonyl (C=O) groups excluding carboxylic acids is 2. The lowest BCUT2D eigenvalue weighted by atomic mass is 10.0. The summed E-state index contributed by atoms with van der Waals surface area (Å²) in [7, 11) is 0. The largest absolute Gasteiger partial charge is 0.466 e. The zero-order chi connectivity index (χ0) is 51.4. The Bertz CT molecular complexity index is 1060. The number of allylic oxidation sites excluding steroid dienone is 2. The molecule has 71 heavy (non-hydrogen) atoms. The highest BCUT2D eigenvalue weighted by Crippen LogP contribution is 2.18. The van der Waals surface area contributed by atoms with Crippen LogP contribution in [-0.2, 0) is 14.3 Å². The minimum atomic E-state index is -0.668. The molecule has 0 saturated heterocycles. The predicted octanol–water partition coefficient (Wildman–Crippen LogP) is 20.4. The van der Waals surface area contributed by atoms with Crippen molar-refractivity contribution in [1.29, 1.82) is 0 Å². The van der Waals surface area contributed by atoms with Gasteiger partial charge in [-0.2, -0.15) is 0 Å². The molecular weight excluding hydrogens is 875 g/mol. The SMILES string of the molecule is CCCCCCCC/C=C\CCCCCCCCCC(=O)OCCCCCCCCCCCCCCCCCCCC(=O)NC(CO)C(O)CCCCCCCCCCCCCCCCCCCCCC. The minimum absolute atomic E-state index is 0.00328. The third-order valence-corrected chi connectivity index (χ3v) is 15.3. The van der Waals surface area contributed by atoms with E-state index < -0.39 is 12.1 Å². The van der Waals surface area contributed by atoms with Crippen molar-refractivity contribution in [3.63, 3.8) is 0 Å². The number of ether oxygens (including phenoxy) is 1. The maximum Gasteiger partial charge on any atom is 0.305 e. The molecule has 0 spiro atoms. The smallest absolute Gasteiger partial charge is 0.305 e. The van der Waals surface area contributed by atoms with Crippen LogP contribution in [0.1, 0.15) is 367 Å². The first-order valence-corrected chi connectivity index (χ1v) is 32.4. The zero-order valence-electron chi connectivity index (χ0n) is 48.2. The van der Waals surface area contributed by atoms with E-state index in [-0.39, 0.29) is 18.5 Å². The van der Waals surface area contributed by atoms with E-state index in [2.05, 4.69) is 31.3 Å². The summed E-state index contributed by atoms with van der Waals surface area (Å²) in [6.45, 7) is 4.97. The van der Waals surface area contributed by atoms with Gasteiger partial charge in [0.15, 0.2) is 0 Å². The number of esters is 1. The highest BCUT2D eigenvalue weighted by molar-refractivity contribution is 5.76. The quantitative estimate of drug-likeness (QED) is 0.0320. The summed E-state index contributed by atoms with van der Waals surface area (Å²) in [5, 5.41) is 23.4. The Hall–Kier alpha value is -1.40. The van der Waals surface area contributed by atoms with E-state index in [9.17, 15) is 19.8 Å². The van der Waals surface area contributed by atoms with Gasteiger partial charge in [-0.1, -0.05) is 315 Å². The summed E-state index contributed by atoms with van der Waals surface area (Å²) in [4.78, 5) is 24.6. The molecular formula is C65H127NO5. The number of amides is 1. The van der Waals surface area contributed by atoms with Crippen molar-refractivity contribution < 1.29 is 24.5 Å². The molecule has 2 atom stereocenters. The van der Waals surface area contributed by atoms with Crippen LogP contribution in [0.15, 0.2) is 12.2 Å². The van der Waals surface area contributed by atoms with Gasteiger partial charge in [-0.25, -0.2) is 0 Å². The highest BCUT2D eigenvalue weighted by atomic mass is 16.5. The molecule has 0 saturated carbocycles. The molecule has 0 aliphatic rings. The number of rotatable bonds is 61. The molecule has 0 aromatic carbocycles. The molecule has 3 N–H and O–H groups in total. The van der Waals surface area contributed by atoms with E-state index >= 15 is 0 Å². The number of hydrogen-bond acceptors (Lipinski definition) is 5. The van der Waals surface area contributed by atoms with Crippen molar-refractivity contribution in [2.45, 2.75) is 379 Å². The Balaban J connectivity index is 3.40. The Morgan fingerprint density at radius 2 is 0.662 bits per heavy atom. The van der Waals surface area contributed by atoms with E-state index in [0.717, 1.165) is 44.9 Å². The fourth-order valence-corrected chi connectivity index (χ4v) is 10.3. The summed E-state index contributed by atoms with van der Waals surface area (Å²) >= 11 is 0. The van der Waals surface area contributed by atoms with E-state index in [1.807, 2.05) is 0 Å². The van der Waals surface area contributed by atoms with Crippen molar-refractivity contribution >= 4 is 11.9 Å². The van der Waals surface area contributed by atoms with Gasteiger partial charge in [0, 0.05) is 12.8 Å². The molecule has 422 valence electrons. The summed E-state index contributed by atoms with van der Waals surface area (Å²) < 4.78 is 5.49. The zero-order valence-corrected chi connectivity index (χ0v) is 48.2. The first kappa shape index (κ1) is 69.6. The minimum Gasteiger partial charge on any atom is -0.466 e. The number of carbonyl (C=O) groups is 2. The van der Waals surface area contributed by atoms with Crippen LogP contribution in [0, 0.1) is 0 Å². The standard InChI is InChI=1S/C65H127NO5/c1-3-5-7-9-11-13-15-17-19-21-22-23-26-29-33-37-41-45-49-53-57-63(68)62(61-67)66-64(69)58-54-50-46-42-38-34-30-27-24-28-32-36-40-44-48-52-56-60-71-65(70)59-55-51-47-43-39-35-31-25-20-18-16-14-12-10-8-6-4-2/h18,20,62-63,67-68H,3-17,19,21-61H2,1-2H3,(H,66,69)/b20-18-. The topological polar surface area (TPSA) is 95.9 Å². The van der Waals surface area contributed by atoms with Crippen LogP contribution in [0.2, 0.25) is 0 Å². The molecule has 1 amide bonds. The molecule has 0 radical (unpaired) electrons. The summed E-state index contributed by atoms with van der Waals surface area (Å²) in [5.41, 5.74) is 0. The maximum absolute atomic E-state index is 12.5. The van der Waals surface area contributed by atoms with E-state index in [4.69, 9.17) is 4.74 Å². The fraction of sp³-hybridized carbons (Fsp3) is 0.938. The third kappa shape index (κ3) is 57.7. The summed E-state index contributed by atoms with van der Waals surface area (Å²) in [6.07, 6.45) is 73.6. The Morgan fingerprint density at radius 3 is 1.00 bits per heavy atom. The molecule has 6 nitrogen and oxygen atoms in total. The van der Waals surface area contributed by atoms with Crippen LogP contribution < -0.4 is 5.32 Å². The maximum atomic E-state index is 12.5. The van der Waals surface area contributed by atoms with Crippen molar-refractivity contribution in [2.75, 3.05) is 13.2 Å². The second-order valence-electron chi connectivity index (χ2n) is 22.5. The van der Waals surface area contributed by atoms with Gasteiger partial charge < -0.3 is 20.3 Å². The van der Waals surface area contributed by atoms with Gasteiger partial charge in [-0.15, -0.1) is 0 Å². The van der Waals surface area contributed by atoms with Gasteiger partial charge in [-0.3, -0.25) is 9.59 Å². The van der Waals surface area contributed by atoms with Crippen LogP contribution >= 0.6 is 0 Å². The van der Waals surface area contributed by atoms with Gasteiger partial charge in [0.25, 0.3) is 0 Å². The lowest BCUT2D eigenvalue weighted by Crippen LogP contribution is -2.45. The van der Waals surface area contributed by atoms with Crippen molar-refractivity contribution in [1.82, 2.24) is 5.32 Å². The second kappa shape index (κ2) is 61.1. The predicted molar refractivity (Wildman–Crippen MR) is 310 cm³/mol. The molecule has 2 unspecified atom stereocenters. The second-order valence-corrected chi connectivity index (χ2v) is 22.5. The lowest BCUT2D eigenvalue weighted by Gasteiger charge is -2.22. The third-order valence-electron chi connectivity index (χ3n) is 15.3. The Morgan fingerprint density at radius 1 is 0.380 bits per heavy atom. The first-order chi connectivity index (χ1) is 35.0. The first-order valence-electron chi connectivity index (χ1n) is 32.4. The molecule has 0 aliphatic heterocycles. The van der Waals surface area contributed by atoms with E-state index in [1.165, 1.54) is 289 Å². The van der Waals surface area contributed by atoms with E-state index in [1.54, 1.807) is 0 Å². The number of aliphatic hydroxyl groups is 2. The molecule has 0 aliphatic carbocycles. The van der Waals surface area contributed by atoms with Gasteiger partial charge in [0.1, 0.15) is 0 Å². The van der Waals surface area contributed by atoms with Crippen LogP contribution in [0.4, 0.5) is 0 Å². The number of unbranched alkanes of at least 4 members (excludes halogenated alkanes) is 48. The average Bonchev–Trinajstić information content (AvgIpc) is 3.37. The number of nitrogens with one attached hydrogen (secondary N) is 1. The van der Waals surface area contributed by atoms with Crippen molar-refractivity contribution in [3.05, 3.63) is 12.2 Å². The van der Waals surface area contributed by atoms with E-state index in [0.29, 0.717) is 25.9 Å². The molecule has 0 rings (SSSR count). The van der Waals surface area contributed by atoms with Crippen LogP contribution in [0.5, 0.6) is 0 Å². The van der Waals surface area contributed by atoms with Gasteiger partial charge in [0.2, 0.25) is 5.91 Å². The Kier molecular flexibility index (Phi) is 59.9. The van der Waals surface area contributed by atoms with Crippen LogP contribution in [0.25, 0.3) is 0 Å². The van der Waals surface area contributed by atoms with Gasteiger partial charge >= 0.3 is 5.97 Å². The van der Waals surface area contributed by atoms with Crippen molar-refractivity contribution in [2.24, 2.45) is 0 Å².